The van der Waals surface area contributed by atoms with E-state index in [1.165, 1.54) is 12.1 Å². The lowest BCUT2D eigenvalue weighted by Gasteiger charge is -2.36. The fourth-order valence-electron chi connectivity index (χ4n) is 2.70. The molecule has 7 nitrogen and oxygen atoms in total. The van der Waals surface area contributed by atoms with E-state index in [0.717, 1.165) is 31.9 Å². The summed E-state index contributed by atoms with van der Waals surface area (Å²) in [5.74, 6) is 1.37. The summed E-state index contributed by atoms with van der Waals surface area (Å²) in [4.78, 5) is 8.66. The molecule has 1 aliphatic heterocycles. The maximum absolute atomic E-state index is 13.3. The van der Waals surface area contributed by atoms with Gasteiger partial charge in [-0.05, 0) is 12.1 Å². The molecular formula is C15H22Cl2FN5O2. The van der Waals surface area contributed by atoms with Crippen LogP contribution in [0.25, 0.3) is 0 Å². The molecule has 10 heteroatoms. The van der Waals surface area contributed by atoms with Crippen molar-refractivity contribution < 1.29 is 13.7 Å². The Bertz CT molecular complexity index is 665. The number of piperazine rings is 1. The second-order valence-electron chi connectivity index (χ2n) is 5.39. The average molecular weight is 394 g/mol. The Hall–Kier alpha value is -1.61. The monoisotopic (exact) mass is 393 g/mol. The summed E-state index contributed by atoms with van der Waals surface area (Å²) in [6, 6.07) is 4.63. The Labute approximate surface area is 158 Å². The molecule has 0 unspecified atom stereocenters. The van der Waals surface area contributed by atoms with Crippen molar-refractivity contribution in [3.8, 4) is 5.75 Å². The lowest BCUT2D eigenvalue weighted by atomic mass is 10.2. The van der Waals surface area contributed by atoms with Crippen molar-refractivity contribution in [2.24, 2.45) is 5.73 Å². The van der Waals surface area contributed by atoms with Crippen LogP contribution < -0.4 is 15.4 Å². The number of anilines is 1. The first-order chi connectivity index (χ1) is 11.2. The minimum Gasteiger partial charge on any atom is -0.494 e. The maximum Gasteiger partial charge on any atom is 0.240 e. The Morgan fingerprint density at radius 2 is 1.96 bits per heavy atom. The average Bonchev–Trinajstić information content (AvgIpc) is 3.03. The Morgan fingerprint density at radius 3 is 2.56 bits per heavy atom. The molecule has 0 aliphatic carbocycles. The van der Waals surface area contributed by atoms with Crippen LogP contribution in [0.4, 0.5) is 10.1 Å². The minimum absolute atomic E-state index is 0. The van der Waals surface area contributed by atoms with Crippen LogP contribution in [-0.2, 0) is 13.1 Å². The number of nitrogens with two attached hydrogens (primary N) is 1. The van der Waals surface area contributed by atoms with Gasteiger partial charge in [-0.15, -0.1) is 24.8 Å². The lowest BCUT2D eigenvalue weighted by Crippen LogP contribution is -2.46. The highest BCUT2D eigenvalue weighted by atomic mass is 35.5. The highest BCUT2D eigenvalue weighted by Gasteiger charge is 2.21. The van der Waals surface area contributed by atoms with Crippen LogP contribution >= 0.6 is 24.8 Å². The van der Waals surface area contributed by atoms with Crippen LogP contribution in [-0.4, -0.2) is 48.3 Å². The zero-order chi connectivity index (χ0) is 16.2. The molecule has 1 aromatic carbocycles. The van der Waals surface area contributed by atoms with Crippen molar-refractivity contribution in [2.75, 3.05) is 38.2 Å². The fourth-order valence-corrected chi connectivity index (χ4v) is 2.70. The number of ether oxygens (including phenoxy) is 1. The Balaban J connectivity index is 0.00000156. The van der Waals surface area contributed by atoms with Gasteiger partial charge in [-0.2, -0.15) is 4.98 Å². The number of halogens is 3. The van der Waals surface area contributed by atoms with E-state index in [9.17, 15) is 4.39 Å². The first kappa shape index (κ1) is 21.4. The van der Waals surface area contributed by atoms with E-state index in [1.807, 2.05) is 0 Å². The van der Waals surface area contributed by atoms with Crippen LogP contribution in [0.2, 0.25) is 0 Å². The molecule has 0 amide bonds. The summed E-state index contributed by atoms with van der Waals surface area (Å²) >= 11 is 0. The smallest absolute Gasteiger partial charge is 0.240 e. The summed E-state index contributed by atoms with van der Waals surface area (Å²) < 4.78 is 23.6. The van der Waals surface area contributed by atoms with Crippen molar-refractivity contribution in [3.05, 3.63) is 35.7 Å². The van der Waals surface area contributed by atoms with Crippen LogP contribution in [0.1, 0.15) is 11.7 Å². The van der Waals surface area contributed by atoms with Crippen molar-refractivity contribution >= 4 is 30.5 Å². The number of hydrogen-bond donors (Lipinski definition) is 1. The maximum atomic E-state index is 13.3. The zero-order valence-corrected chi connectivity index (χ0v) is 15.5. The fraction of sp³-hybridized carbons (Fsp3) is 0.467. The number of rotatable bonds is 5. The van der Waals surface area contributed by atoms with Gasteiger partial charge in [-0.25, -0.2) is 4.39 Å². The Kier molecular flexibility index (Phi) is 8.37. The second-order valence-corrected chi connectivity index (χ2v) is 5.39. The lowest BCUT2D eigenvalue weighted by molar-refractivity contribution is 0.239. The van der Waals surface area contributed by atoms with E-state index < -0.39 is 0 Å². The van der Waals surface area contributed by atoms with Crippen LogP contribution in [0.3, 0.4) is 0 Å². The molecule has 140 valence electrons. The number of nitrogens with zero attached hydrogens (tertiary/aromatic N) is 4. The third kappa shape index (κ3) is 5.18. The third-order valence-electron chi connectivity index (χ3n) is 3.90. The second kappa shape index (κ2) is 9.76. The van der Waals surface area contributed by atoms with E-state index in [0.29, 0.717) is 24.0 Å². The number of hydrogen-bond acceptors (Lipinski definition) is 7. The first-order valence-electron chi connectivity index (χ1n) is 7.52. The van der Waals surface area contributed by atoms with Crippen LogP contribution in [0.5, 0.6) is 5.75 Å². The molecule has 1 aromatic heterocycles. The van der Waals surface area contributed by atoms with E-state index in [2.05, 4.69) is 19.9 Å². The zero-order valence-electron chi connectivity index (χ0n) is 13.9. The SMILES string of the molecule is COc1cc(F)ccc1N1CCN(Cc2noc(CN)n2)CC1.Cl.Cl. The highest BCUT2D eigenvalue weighted by Crippen LogP contribution is 2.29. The summed E-state index contributed by atoms with van der Waals surface area (Å²) in [5.41, 5.74) is 6.38. The van der Waals surface area contributed by atoms with E-state index in [-0.39, 0.29) is 37.2 Å². The number of benzene rings is 1. The van der Waals surface area contributed by atoms with Gasteiger partial charge in [0.05, 0.1) is 25.9 Å². The molecule has 0 spiro atoms. The molecule has 0 atom stereocenters. The summed E-state index contributed by atoms with van der Waals surface area (Å²) in [6.07, 6.45) is 0. The van der Waals surface area contributed by atoms with Gasteiger partial charge in [-0.1, -0.05) is 5.16 Å². The molecular weight excluding hydrogens is 372 g/mol. The minimum atomic E-state index is -0.294. The Morgan fingerprint density at radius 1 is 1.24 bits per heavy atom. The van der Waals surface area contributed by atoms with Gasteiger partial charge in [0.1, 0.15) is 11.6 Å². The van der Waals surface area contributed by atoms with Gasteiger partial charge in [0, 0.05) is 32.2 Å². The van der Waals surface area contributed by atoms with Gasteiger partial charge < -0.3 is 19.9 Å². The number of aromatic nitrogens is 2. The van der Waals surface area contributed by atoms with E-state index >= 15 is 0 Å². The van der Waals surface area contributed by atoms with Gasteiger partial charge >= 0.3 is 0 Å². The standard InChI is InChI=1S/C15H20FN5O2.2ClH/c1-22-13-8-11(16)2-3-12(13)21-6-4-20(5-7-21)10-14-18-15(9-17)23-19-14;;/h2-3,8H,4-7,9-10,17H2,1H3;2*1H. The van der Waals surface area contributed by atoms with Gasteiger partial charge in [0.2, 0.25) is 5.89 Å². The quantitative estimate of drug-likeness (QED) is 0.829. The van der Waals surface area contributed by atoms with E-state index in [4.69, 9.17) is 15.0 Å². The third-order valence-corrected chi connectivity index (χ3v) is 3.90. The van der Waals surface area contributed by atoms with Gasteiger partial charge in [-0.3, -0.25) is 4.90 Å². The van der Waals surface area contributed by atoms with E-state index in [1.54, 1.807) is 13.2 Å². The van der Waals surface area contributed by atoms with Crippen LogP contribution in [0.15, 0.2) is 22.7 Å². The van der Waals surface area contributed by atoms with Gasteiger partial charge in [0.15, 0.2) is 5.82 Å². The topological polar surface area (TPSA) is 80.7 Å². The number of methoxy groups -OCH3 is 1. The van der Waals surface area contributed by atoms with Crippen LogP contribution in [0, 0.1) is 5.82 Å². The molecule has 1 saturated heterocycles. The molecule has 2 aromatic rings. The predicted octanol–water partition coefficient (Wildman–Crippen LogP) is 1.84. The molecule has 0 saturated carbocycles. The predicted molar refractivity (Wildman–Crippen MR) is 97.1 cm³/mol. The molecule has 2 N–H and O–H groups in total. The largest absolute Gasteiger partial charge is 0.494 e. The molecule has 25 heavy (non-hydrogen) atoms. The van der Waals surface area contributed by atoms with Crippen molar-refractivity contribution in [1.29, 1.82) is 0 Å². The molecule has 0 bridgehead atoms. The van der Waals surface area contributed by atoms with Crippen molar-refractivity contribution in [1.82, 2.24) is 15.0 Å². The van der Waals surface area contributed by atoms with Gasteiger partial charge in [0.25, 0.3) is 0 Å². The summed E-state index contributed by atoms with van der Waals surface area (Å²) in [7, 11) is 1.56. The molecule has 3 rings (SSSR count). The first-order valence-corrected chi connectivity index (χ1v) is 7.52. The summed E-state index contributed by atoms with van der Waals surface area (Å²) in [6.45, 7) is 4.25. The van der Waals surface area contributed by atoms with Crippen molar-refractivity contribution in [3.63, 3.8) is 0 Å². The highest BCUT2D eigenvalue weighted by molar-refractivity contribution is 5.85. The molecule has 1 fully saturated rings. The normalized spacial score (nSPS) is 14.6. The summed E-state index contributed by atoms with van der Waals surface area (Å²) in [5, 5.41) is 3.91. The van der Waals surface area contributed by atoms with Crippen molar-refractivity contribution in [2.45, 2.75) is 13.1 Å². The molecule has 1 aliphatic rings. The molecule has 0 radical (unpaired) electrons. The molecule has 2 heterocycles.